The Hall–Kier alpha value is -1.27. The molecule has 7 fully saturated rings. The lowest BCUT2D eigenvalue weighted by Gasteiger charge is -2.63. The molecule has 0 bridgehead atoms. The van der Waals surface area contributed by atoms with E-state index < -0.39 is 90.9 Å². The van der Waals surface area contributed by atoms with Gasteiger partial charge in [0, 0.05) is 43.1 Å². The minimum atomic E-state index is -1.01. The second kappa shape index (κ2) is 15.1. The highest BCUT2D eigenvalue weighted by Gasteiger charge is 2.70. The molecule has 7 unspecified atom stereocenters. The molecular weight excluding hydrogens is 716 g/mol. The van der Waals surface area contributed by atoms with Gasteiger partial charge < -0.3 is 63.8 Å². The maximum atomic E-state index is 12.6. The van der Waals surface area contributed by atoms with Crippen LogP contribution >= 0.6 is 0 Å². The summed E-state index contributed by atoms with van der Waals surface area (Å²) in [5, 5.41) is 66.3. The second-order valence-corrected chi connectivity index (χ2v) is 18.9. The van der Waals surface area contributed by atoms with Crippen molar-refractivity contribution in [3.63, 3.8) is 0 Å². The smallest absolute Gasteiger partial charge is 0.331 e. The molecule has 0 spiro atoms. The van der Waals surface area contributed by atoms with Crippen LogP contribution in [0, 0.1) is 34.5 Å². The van der Waals surface area contributed by atoms with E-state index in [0.717, 1.165) is 50.5 Å². The van der Waals surface area contributed by atoms with Crippen molar-refractivity contribution in [3.8, 4) is 0 Å². The number of esters is 1. The summed E-state index contributed by atoms with van der Waals surface area (Å²) in [7, 11) is 0. The fraction of sp³-hybridized carbons (Fsp3) is 0.927. The molecule has 312 valence electrons. The van der Waals surface area contributed by atoms with E-state index in [4.69, 9.17) is 33.2 Å². The van der Waals surface area contributed by atoms with Crippen LogP contribution in [-0.2, 0) is 38.0 Å². The van der Waals surface area contributed by atoms with Crippen LogP contribution in [0.15, 0.2) is 11.6 Å². The molecule has 6 N–H and O–H groups in total. The molecule has 0 aromatic heterocycles. The van der Waals surface area contributed by atoms with E-state index in [0.29, 0.717) is 18.3 Å². The first-order chi connectivity index (χ1) is 26.0. The molecule has 4 saturated carbocycles. The largest absolute Gasteiger partial charge is 0.458 e. The molecule has 8 rings (SSSR count). The summed E-state index contributed by atoms with van der Waals surface area (Å²) >= 11 is 0. The van der Waals surface area contributed by atoms with Crippen LogP contribution in [0.5, 0.6) is 0 Å². The van der Waals surface area contributed by atoms with E-state index >= 15 is 0 Å². The highest BCUT2D eigenvalue weighted by atomic mass is 16.7. The second-order valence-electron chi connectivity index (χ2n) is 18.9. The van der Waals surface area contributed by atoms with Gasteiger partial charge >= 0.3 is 5.97 Å². The van der Waals surface area contributed by atoms with E-state index in [1.54, 1.807) is 13.8 Å². The number of aliphatic hydroxyl groups is 6. The van der Waals surface area contributed by atoms with Gasteiger partial charge in [-0.15, -0.1) is 0 Å². The molecule has 55 heavy (non-hydrogen) atoms. The van der Waals surface area contributed by atoms with Crippen LogP contribution in [-0.4, -0.2) is 135 Å². The standard InChI is InChI=1S/C41H64O14/c1-19-36(47)27(42)14-33(50-19)54-38-21(3)52-34(16-29(38)44)55-37-20(2)51-32(15-28(37)43)53-24-8-10-39(4)23(13-24)6-7-26-25(39)9-11-40(5)35(22-12-31(46)49-18-22)30(45)17-41(26,40)48/h12,19-21,23-30,32-38,42-45,47-48H,6-11,13-18H2,1-5H3/t19?,20?,21?,23-,24?,25+,26-,27?,28?,29?,30+,32+,33+,34+,35+,36+,37-,38-,39+,40-,41+/m1/s1. The Balaban J connectivity index is 0.834. The number of hydrogen-bond donors (Lipinski definition) is 6. The van der Waals surface area contributed by atoms with Crippen LogP contribution < -0.4 is 0 Å². The summed E-state index contributed by atoms with van der Waals surface area (Å²) in [6.45, 7) is 9.98. The number of hydrogen-bond acceptors (Lipinski definition) is 14. The Morgan fingerprint density at radius 2 is 1.29 bits per heavy atom. The van der Waals surface area contributed by atoms with Gasteiger partial charge in [-0.05, 0) is 94.5 Å². The van der Waals surface area contributed by atoms with Crippen molar-refractivity contribution in [1.82, 2.24) is 0 Å². The molecule has 4 aliphatic heterocycles. The normalized spacial score (nSPS) is 55.5. The number of ether oxygens (including phenoxy) is 7. The summed E-state index contributed by atoms with van der Waals surface area (Å²) in [5.74, 6) is 0.174. The minimum Gasteiger partial charge on any atom is -0.458 e. The third-order valence-electron chi connectivity index (χ3n) is 15.8. The van der Waals surface area contributed by atoms with E-state index in [2.05, 4.69) is 13.8 Å². The average Bonchev–Trinajstić information content (AvgIpc) is 3.62. The fourth-order valence-electron chi connectivity index (χ4n) is 12.9. The number of carbonyl (C=O) groups excluding carboxylic acids is 1. The number of aliphatic hydroxyl groups excluding tert-OH is 5. The quantitative estimate of drug-likeness (QED) is 0.162. The molecular formula is C41H64O14. The molecule has 0 amide bonds. The molecule has 21 atom stereocenters. The Bertz CT molecular complexity index is 1410. The van der Waals surface area contributed by atoms with Gasteiger partial charge in [0.15, 0.2) is 18.9 Å². The fourth-order valence-corrected chi connectivity index (χ4v) is 12.9. The first-order valence-corrected chi connectivity index (χ1v) is 20.9. The summed E-state index contributed by atoms with van der Waals surface area (Å²) in [6, 6.07) is 0. The first-order valence-electron chi connectivity index (χ1n) is 20.9. The lowest BCUT2D eigenvalue weighted by molar-refractivity contribution is -0.336. The van der Waals surface area contributed by atoms with Crippen molar-refractivity contribution < 1.29 is 68.6 Å². The highest BCUT2D eigenvalue weighted by Crippen LogP contribution is 2.70. The Kier molecular flexibility index (Phi) is 11.1. The molecule has 14 heteroatoms. The van der Waals surface area contributed by atoms with E-state index in [1.165, 1.54) is 6.08 Å². The predicted molar refractivity (Wildman–Crippen MR) is 193 cm³/mol. The van der Waals surface area contributed by atoms with Gasteiger partial charge in [0.05, 0.1) is 54.4 Å². The summed E-state index contributed by atoms with van der Waals surface area (Å²) < 4.78 is 42.1. The monoisotopic (exact) mass is 780 g/mol. The summed E-state index contributed by atoms with van der Waals surface area (Å²) in [5.41, 5.74) is -0.686. The van der Waals surface area contributed by atoms with Crippen LogP contribution in [0.1, 0.15) is 105 Å². The lowest BCUT2D eigenvalue weighted by atomic mass is 9.43. The van der Waals surface area contributed by atoms with Crippen molar-refractivity contribution in [1.29, 1.82) is 0 Å². The third-order valence-corrected chi connectivity index (χ3v) is 15.8. The Morgan fingerprint density at radius 3 is 1.87 bits per heavy atom. The first kappa shape index (κ1) is 40.5. The van der Waals surface area contributed by atoms with Crippen LogP contribution in [0.4, 0.5) is 0 Å². The van der Waals surface area contributed by atoms with Gasteiger partial charge in [-0.1, -0.05) is 13.8 Å². The van der Waals surface area contributed by atoms with Gasteiger partial charge in [0.25, 0.3) is 0 Å². The lowest BCUT2D eigenvalue weighted by Crippen LogP contribution is -2.62. The average molecular weight is 781 g/mol. The number of carbonyl (C=O) groups is 1. The van der Waals surface area contributed by atoms with Gasteiger partial charge in [0.1, 0.15) is 24.9 Å². The van der Waals surface area contributed by atoms with Crippen molar-refractivity contribution in [2.24, 2.45) is 34.5 Å². The SMILES string of the molecule is CC1O[C@@H](O[C@H]2C(O)C[C@H](O[C@H]3C(O)C[C@H](OC4CC[C@@]5(C)[C@H](CC[C@@H]6[C@@H]5CC[C@]5(C)[C@@H](C7=CC(=O)OC7)[C@@H](O)C[C@]65O)C4)OC3C)OC2C)CC(O)[C@H]1O. The van der Waals surface area contributed by atoms with Gasteiger partial charge in [-0.2, -0.15) is 0 Å². The molecule has 4 aliphatic carbocycles. The van der Waals surface area contributed by atoms with E-state index in [1.807, 2.05) is 6.92 Å². The van der Waals surface area contributed by atoms with Gasteiger partial charge in [-0.25, -0.2) is 4.79 Å². The van der Waals surface area contributed by atoms with Crippen molar-refractivity contribution >= 4 is 5.97 Å². The van der Waals surface area contributed by atoms with Crippen molar-refractivity contribution in [2.45, 2.75) is 197 Å². The van der Waals surface area contributed by atoms with Gasteiger partial charge in [-0.3, -0.25) is 0 Å². The topological polar surface area (TPSA) is 203 Å². The molecule has 0 aromatic carbocycles. The molecule has 4 heterocycles. The van der Waals surface area contributed by atoms with Crippen LogP contribution in [0.2, 0.25) is 0 Å². The highest BCUT2D eigenvalue weighted by molar-refractivity contribution is 5.85. The van der Waals surface area contributed by atoms with Crippen molar-refractivity contribution in [2.75, 3.05) is 6.61 Å². The molecule has 0 aromatic rings. The Labute approximate surface area is 323 Å². The zero-order valence-electron chi connectivity index (χ0n) is 32.9. The Morgan fingerprint density at radius 1 is 0.691 bits per heavy atom. The summed E-state index contributed by atoms with van der Waals surface area (Å²) in [6.07, 6.45) is -1.26. The molecule has 3 saturated heterocycles. The number of cyclic esters (lactones) is 1. The van der Waals surface area contributed by atoms with E-state index in [-0.39, 0.29) is 55.2 Å². The zero-order chi connectivity index (χ0) is 39.2. The third kappa shape index (κ3) is 7.05. The van der Waals surface area contributed by atoms with Crippen molar-refractivity contribution in [3.05, 3.63) is 11.6 Å². The van der Waals surface area contributed by atoms with Crippen LogP contribution in [0.25, 0.3) is 0 Å². The summed E-state index contributed by atoms with van der Waals surface area (Å²) in [4.78, 5) is 12.0. The molecule has 0 radical (unpaired) electrons. The maximum absolute atomic E-state index is 12.6. The molecule has 14 nitrogen and oxygen atoms in total. The van der Waals surface area contributed by atoms with Crippen LogP contribution in [0.3, 0.4) is 0 Å². The van der Waals surface area contributed by atoms with Gasteiger partial charge in [0.2, 0.25) is 0 Å². The predicted octanol–water partition coefficient (Wildman–Crippen LogP) is 2.22. The minimum absolute atomic E-state index is 0.0203. The number of rotatable bonds is 7. The maximum Gasteiger partial charge on any atom is 0.331 e. The number of fused-ring (bicyclic) bond motifs is 5. The molecule has 8 aliphatic rings. The zero-order valence-corrected chi connectivity index (χ0v) is 32.9. The van der Waals surface area contributed by atoms with E-state index in [9.17, 15) is 35.4 Å².